The number of aromatic nitrogens is 2. The minimum Gasteiger partial charge on any atom is -0.342 e. The maximum atomic E-state index is 12.6. The van der Waals surface area contributed by atoms with Crippen LogP contribution in [0.25, 0.3) is 0 Å². The first-order valence-corrected chi connectivity index (χ1v) is 9.21. The lowest BCUT2D eigenvalue weighted by Crippen LogP contribution is -2.45. The smallest absolute Gasteiger partial charge is 0.226 e. The lowest BCUT2D eigenvalue weighted by molar-refractivity contribution is -0.137. The van der Waals surface area contributed by atoms with Gasteiger partial charge in [0, 0.05) is 39.1 Å². The van der Waals surface area contributed by atoms with Crippen molar-refractivity contribution in [1.29, 1.82) is 0 Å². The van der Waals surface area contributed by atoms with Gasteiger partial charge in [-0.25, -0.2) is 0 Å². The molecule has 3 rings (SSSR count). The van der Waals surface area contributed by atoms with Gasteiger partial charge in [-0.05, 0) is 52.4 Å². The van der Waals surface area contributed by atoms with Crippen molar-refractivity contribution in [3.05, 3.63) is 17.5 Å². The van der Waals surface area contributed by atoms with Gasteiger partial charge in [0.15, 0.2) is 0 Å². The van der Waals surface area contributed by atoms with E-state index in [1.807, 2.05) is 11.7 Å². The fourth-order valence-electron chi connectivity index (χ4n) is 3.92. The van der Waals surface area contributed by atoms with E-state index in [-0.39, 0.29) is 5.92 Å². The summed E-state index contributed by atoms with van der Waals surface area (Å²) < 4.78 is 2.00. The van der Waals surface area contributed by atoms with Gasteiger partial charge in [-0.2, -0.15) is 5.10 Å². The highest BCUT2D eigenvalue weighted by Crippen LogP contribution is 2.29. The van der Waals surface area contributed by atoms with Crippen molar-refractivity contribution in [2.45, 2.75) is 38.1 Å². The molecular formula is C18H31N5O. The third-order valence-electron chi connectivity index (χ3n) is 5.34. The number of nitrogens with zero attached hydrogens (tertiary/aromatic N) is 4. The summed E-state index contributed by atoms with van der Waals surface area (Å²) in [7, 11) is 6.19. The molecule has 0 aliphatic carbocycles. The molecule has 0 aromatic carbocycles. The lowest BCUT2D eigenvalue weighted by Gasteiger charge is -2.34. The summed E-state index contributed by atoms with van der Waals surface area (Å²) >= 11 is 0. The maximum absolute atomic E-state index is 12.6. The molecule has 0 saturated carbocycles. The van der Waals surface area contributed by atoms with E-state index in [0.29, 0.717) is 11.8 Å². The van der Waals surface area contributed by atoms with Crippen LogP contribution in [0.5, 0.6) is 0 Å². The van der Waals surface area contributed by atoms with E-state index in [1.165, 1.54) is 11.4 Å². The third kappa shape index (κ3) is 3.98. The number of amides is 1. The summed E-state index contributed by atoms with van der Waals surface area (Å²) in [5.41, 5.74) is 2.45. The molecule has 1 amide bonds. The molecular weight excluding hydrogens is 302 g/mol. The number of nitrogens with one attached hydrogen (secondary N) is 1. The van der Waals surface area contributed by atoms with Crippen molar-refractivity contribution in [3.63, 3.8) is 0 Å². The van der Waals surface area contributed by atoms with Gasteiger partial charge in [0.1, 0.15) is 0 Å². The highest BCUT2D eigenvalue weighted by atomic mass is 16.2. The van der Waals surface area contributed by atoms with E-state index >= 15 is 0 Å². The van der Waals surface area contributed by atoms with Crippen LogP contribution in [-0.2, 0) is 18.4 Å². The van der Waals surface area contributed by atoms with Crippen molar-refractivity contribution < 1.29 is 4.79 Å². The molecule has 0 radical (unpaired) electrons. The zero-order chi connectivity index (χ0) is 17.1. The van der Waals surface area contributed by atoms with Gasteiger partial charge < -0.3 is 15.1 Å². The maximum Gasteiger partial charge on any atom is 0.226 e. The van der Waals surface area contributed by atoms with Gasteiger partial charge in [0.25, 0.3) is 0 Å². The van der Waals surface area contributed by atoms with Gasteiger partial charge in [-0.1, -0.05) is 0 Å². The number of hydrogen-bond donors (Lipinski definition) is 1. The molecule has 0 spiro atoms. The Morgan fingerprint density at radius 3 is 2.71 bits per heavy atom. The van der Waals surface area contributed by atoms with E-state index in [0.717, 1.165) is 58.4 Å². The zero-order valence-corrected chi connectivity index (χ0v) is 15.3. The Labute approximate surface area is 145 Å². The molecule has 6 heteroatoms. The van der Waals surface area contributed by atoms with Crippen LogP contribution in [0.3, 0.4) is 0 Å². The monoisotopic (exact) mass is 333 g/mol. The predicted octanol–water partition coefficient (Wildman–Crippen LogP) is 1.19. The highest BCUT2D eigenvalue weighted by molar-refractivity contribution is 5.79. The highest BCUT2D eigenvalue weighted by Gasteiger charge is 2.30. The minimum atomic E-state index is 0.192. The summed E-state index contributed by atoms with van der Waals surface area (Å²) in [6, 6.07) is 2.24. The number of aryl methyl sites for hydroxylation is 1. The molecule has 1 aromatic heterocycles. The Hall–Kier alpha value is -1.40. The molecule has 2 fully saturated rings. The second-order valence-corrected chi connectivity index (χ2v) is 7.56. The quantitative estimate of drug-likeness (QED) is 0.899. The van der Waals surface area contributed by atoms with E-state index in [2.05, 4.69) is 35.3 Å². The molecule has 2 aliphatic heterocycles. The van der Waals surface area contributed by atoms with Crippen LogP contribution in [0.15, 0.2) is 6.07 Å². The lowest BCUT2D eigenvalue weighted by atomic mass is 9.91. The summed E-state index contributed by atoms with van der Waals surface area (Å²) in [5, 5.41) is 8.07. The molecule has 3 heterocycles. The molecule has 134 valence electrons. The van der Waals surface area contributed by atoms with E-state index in [9.17, 15) is 4.79 Å². The number of carbonyl (C=O) groups excluding carboxylic acids is 1. The van der Waals surface area contributed by atoms with Crippen LogP contribution in [0.4, 0.5) is 0 Å². The molecule has 1 atom stereocenters. The summed E-state index contributed by atoms with van der Waals surface area (Å²) in [4.78, 5) is 16.9. The molecule has 0 unspecified atom stereocenters. The van der Waals surface area contributed by atoms with Gasteiger partial charge in [-0.3, -0.25) is 9.48 Å². The summed E-state index contributed by atoms with van der Waals surface area (Å²) in [5.74, 6) is 1.03. The number of piperidine rings is 2. The van der Waals surface area contributed by atoms with Crippen LogP contribution in [-0.4, -0.2) is 65.8 Å². The summed E-state index contributed by atoms with van der Waals surface area (Å²) in [6.07, 6.45) is 4.23. The van der Waals surface area contributed by atoms with E-state index < -0.39 is 0 Å². The number of rotatable bonds is 4. The molecule has 0 bridgehead atoms. The van der Waals surface area contributed by atoms with E-state index in [1.54, 1.807) is 0 Å². The van der Waals surface area contributed by atoms with Crippen LogP contribution < -0.4 is 5.32 Å². The number of hydrogen-bond acceptors (Lipinski definition) is 4. The Morgan fingerprint density at radius 1 is 1.33 bits per heavy atom. The SMILES string of the molecule is CN(C)Cc1cc(C2CCN(C(=O)[C@H]3CCCNC3)CC2)nn1C. The zero-order valence-electron chi connectivity index (χ0n) is 15.3. The normalized spacial score (nSPS) is 23.0. The minimum absolute atomic E-state index is 0.192. The second kappa shape index (κ2) is 7.66. The van der Waals surface area contributed by atoms with Gasteiger partial charge in [0.2, 0.25) is 5.91 Å². The van der Waals surface area contributed by atoms with Crippen molar-refractivity contribution in [2.75, 3.05) is 40.3 Å². The summed E-state index contributed by atoms with van der Waals surface area (Å²) in [6.45, 7) is 4.57. The molecule has 1 aromatic rings. The number of likely N-dealkylation sites (tertiary alicyclic amines) is 1. The topological polar surface area (TPSA) is 53.4 Å². The Balaban J connectivity index is 1.56. The largest absolute Gasteiger partial charge is 0.342 e. The Bertz CT molecular complexity index is 554. The predicted molar refractivity (Wildman–Crippen MR) is 94.7 cm³/mol. The molecule has 2 saturated heterocycles. The molecule has 1 N–H and O–H groups in total. The van der Waals surface area contributed by atoms with Gasteiger partial charge in [-0.15, -0.1) is 0 Å². The van der Waals surface area contributed by atoms with Crippen LogP contribution in [0.1, 0.15) is 43.0 Å². The van der Waals surface area contributed by atoms with E-state index in [4.69, 9.17) is 5.10 Å². The Morgan fingerprint density at radius 2 is 2.08 bits per heavy atom. The first-order chi connectivity index (χ1) is 11.5. The van der Waals surface area contributed by atoms with Crippen molar-refractivity contribution in [3.8, 4) is 0 Å². The standard InChI is InChI=1S/C18H31N5O/c1-21(2)13-16-11-17(20-22(16)3)14-6-9-23(10-7-14)18(24)15-5-4-8-19-12-15/h11,14-15,19H,4-10,12-13H2,1-3H3/t15-/m0/s1. The Kier molecular flexibility index (Phi) is 5.56. The fraction of sp³-hybridized carbons (Fsp3) is 0.778. The third-order valence-corrected chi connectivity index (χ3v) is 5.34. The second-order valence-electron chi connectivity index (χ2n) is 7.56. The molecule has 2 aliphatic rings. The first-order valence-electron chi connectivity index (χ1n) is 9.21. The van der Waals surface area contributed by atoms with Crippen molar-refractivity contribution >= 4 is 5.91 Å². The van der Waals surface area contributed by atoms with Crippen molar-refractivity contribution in [1.82, 2.24) is 24.9 Å². The molecule has 24 heavy (non-hydrogen) atoms. The molecule has 6 nitrogen and oxygen atoms in total. The van der Waals surface area contributed by atoms with Gasteiger partial charge in [0.05, 0.1) is 17.3 Å². The average molecular weight is 333 g/mol. The van der Waals surface area contributed by atoms with Crippen molar-refractivity contribution in [2.24, 2.45) is 13.0 Å². The van der Waals surface area contributed by atoms with Crippen LogP contribution >= 0.6 is 0 Å². The first kappa shape index (κ1) is 17.4. The fourth-order valence-corrected chi connectivity index (χ4v) is 3.92. The number of carbonyl (C=O) groups is 1. The average Bonchev–Trinajstić information content (AvgIpc) is 2.95. The van der Waals surface area contributed by atoms with Crippen LogP contribution in [0, 0.1) is 5.92 Å². The van der Waals surface area contributed by atoms with Crippen LogP contribution in [0.2, 0.25) is 0 Å². The van der Waals surface area contributed by atoms with Gasteiger partial charge >= 0.3 is 0 Å².